The molecule has 3 aliphatic carbocycles. The van der Waals surface area contributed by atoms with Gasteiger partial charge in [0, 0.05) is 25.0 Å². The topological polar surface area (TPSA) is 41.1 Å². The van der Waals surface area contributed by atoms with Crippen LogP contribution in [0.1, 0.15) is 44.9 Å². The summed E-state index contributed by atoms with van der Waals surface area (Å²) in [5.41, 5.74) is 0. The van der Waals surface area contributed by atoms with Crippen molar-refractivity contribution in [1.82, 2.24) is 10.6 Å². The lowest BCUT2D eigenvalue weighted by molar-refractivity contribution is -0.127. The molecule has 20 heavy (non-hydrogen) atoms. The van der Waals surface area contributed by atoms with E-state index in [0.717, 1.165) is 43.2 Å². The molecule has 0 radical (unpaired) electrons. The van der Waals surface area contributed by atoms with Crippen LogP contribution in [-0.2, 0) is 4.79 Å². The summed E-state index contributed by atoms with van der Waals surface area (Å²) in [6, 6.07) is 0.512. The molecule has 114 valence electrons. The van der Waals surface area contributed by atoms with Crippen LogP contribution in [0.4, 0.5) is 0 Å². The highest BCUT2D eigenvalue weighted by Gasteiger charge is 2.54. The lowest BCUT2D eigenvalue weighted by Crippen LogP contribution is -2.40. The number of nitrogens with one attached hydrogen (secondary N) is 2. The van der Waals surface area contributed by atoms with Crippen LogP contribution < -0.4 is 10.6 Å². The van der Waals surface area contributed by atoms with Crippen molar-refractivity contribution < 1.29 is 4.79 Å². The molecule has 2 N–H and O–H groups in total. The molecular weight excluding hydrogens is 272 g/mol. The molecule has 5 atom stereocenters. The first kappa shape index (κ1) is 14.6. The fourth-order valence-electron chi connectivity index (χ4n) is 5.03. The summed E-state index contributed by atoms with van der Waals surface area (Å²) in [5, 5.41) is 6.73. The number of halogens is 1. The highest BCUT2D eigenvalue weighted by Crippen LogP contribution is 2.44. The van der Waals surface area contributed by atoms with Crippen molar-refractivity contribution in [2.75, 3.05) is 13.1 Å². The molecule has 0 aromatic heterocycles. The van der Waals surface area contributed by atoms with E-state index in [1.807, 2.05) is 0 Å². The Labute approximate surface area is 128 Å². The predicted octanol–water partition coefficient (Wildman–Crippen LogP) is 2.35. The van der Waals surface area contributed by atoms with E-state index >= 15 is 0 Å². The first-order chi connectivity index (χ1) is 9.33. The number of hydrogen-bond acceptors (Lipinski definition) is 2. The van der Waals surface area contributed by atoms with E-state index in [2.05, 4.69) is 10.6 Å². The second-order valence-electron chi connectivity index (χ2n) is 7.33. The summed E-state index contributed by atoms with van der Waals surface area (Å²) in [7, 11) is 0. The molecule has 3 nitrogen and oxygen atoms in total. The van der Waals surface area contributed by atoms with Gasteiger partial charge >= 0.3 is 0 Å². The second kappa shape index (κ2) is 5.84. The van der Waals surface area contributed by atoms with Crippen LogP contribution in [0.2, 0.25) is 0 Å². The quantitative estimate of drug-likeness (QED) is 0.822. The maximum Gasteiger partial charge on any atom is 0.223 e. The summed E-state index contributed by atoms with van der Waals surface area (Å²) in [5.74, 6) is 4.00. The van der Waals surface area contributed by atoms with Gasteiger partial charge in [0.1, 0.15) is 0 Å². The Hall–Kier alpha value is -0.280. The molecule has 1 saturated heterocycles. The van der Waals surface area contributed by atoms with Crippen molar-refractivity contribution in [3.8, 4) is 0 Å². The lowest BCUT2D eigenvalue weighted by atomic mass is 9.67. The Balaban J connectivity index is 0.00000121. The minimum Gasteiger partial charge on any atom is -0.352 e. The van der Waals surface area contributed by atoms with E-state index in [-0.39, 0.29) is 12.4 Å². The fraction of sp³-hybridized carbons (Fsp3) is 0.938. The smallest absolute Gasteiger partial charge is 0.223 e. The van der Waals surface area contributed by atoms with Crippen LogP contribution >= 0.6 is 12.4 Å². The zero-order valence-electron chi connectivity index (χ0n) is 12.1. The van der Waals surface area contributed by atoms with Crippen molar-refractivity contribution in [2.24, 2.45) is 29.6 Å². The van der Waals surface area contributed by atoms with E-state index in [9.17, 15) is 4.79 Å². The molecule has 4 aliphatic rings. The average molecular weight is 299 g/mol. The van der Waals surface area contributed by atoms with Gasteiger partial charge in [-0.15, -0.1) is 12.4 Å². The molecule has 4 rings (SSSR count). The van der Waals surface area contributed by atoms with Gasteiger partial charge in [0.25, 0.3) is 0 Å². The molecule has 5 unspecified atom stereocenters. The normalized spacial score (nSPS) is 45.8. The van der Waals surface area contributed by atoms with Gasteiger partial charge < -0.3 is 10.6 Å². The van der Waals surface area contributed by atoms with Crippen LogP contribution in [0.15, 0.2) is 0 Å². The van der Waals surface area contributed by atoms with Gasteiger partial charge in [-0.2, -0.15) is 0 Å². The van der Waals surface area contributed by atoms with Gasteiger partial charge in [0.15, 0.2) is 0 Å². The first-order valence-electron chi connectivity index (χ1n) is 8.34. The third-order valence-corrected chi connectivity index (χ3v) is 6.31. The number of rotatable bonds is 2. The Kier molecular flexibility index (Phi) is 4.28. The average Bonchev–Trinajstić information content (AvgIpc) is 2.88. The zero-order chi connectivity index (χ0) is 12.8. The Morgan fingerprint density at radius 2 is 1.65 bits per heavy atom. The van der Waals surface area contributed by atoms with E-state index in [4.69, 9.17) is 0 Å². The molecule has 1 amide bonds. The van der Waals surface area contributed by atoms with Crippen molar-refractivity contribution in [3.05, 3.63) is 0 Å². The molecule has 0 bridgehead atoms. The fourth-order valence-corrected chi connectivity index (χ4v) is 5.03. The van der Waals surface area contributed by atoms with Crippen LogP contribution in [0, 0.1) is 29.6 Å². The Morgan fingerprint density at radius 1 is 0.950 bits per heavy atom. The van der Waals surface area contributed by atoms with E-state index in [0.29, 0.717) is 17.9 Å². The van der Waals surface area contributed by atoms with Crippen LogP contribution in [0.5, 0.6) is 0 Å². The van der Waals surface area contributed by atoms with Gasteiger partial charge in [-0.3, -0.25) is 4.79 Å². The van der Waals surface area contributed by atoms with Crippen molar-refractivity contribution >= 4 is 18.3 Å². The predicted molar refractivity (Wildman–Crippen MR) is 81.8 cm³/mol. The molecule has 4 fully saturated rings. The van der Waals surface area contributed by atoms with Crippen molar-refractivity contribution in [1.29, 1.82) is 0 Å². The first-order valence-corrected chi connectivity index (χ1v) is 8.34. The number of amides is 1. The van der Waals surface area contributed by atoms with Gasteiger partial charge in [-0.05, 0) is 42.9 Å². The van der Waals surface area contributed by atoms with Gasteiger partial charge in [0.2, 0.25) is 5.91 Å². The molecular formula is C16H27ClN2O. The SMILES string of the molecule is Cl.O=C(NC1C2CNCC21)C1CCC2CCCCC2C1. The number of carbonyl (C=O) groups excluding carboxylic acids is 1. The largest absolute Gasteiger partial charge is 0.352 e. The summed E-state index contributed by atoms with van der Waals surface area (Å²) >= 11 is 0. The standard InChI is InChI=1S/C16H26N2O.ClH/c19-16(18-15-13-8-17-9-14(13)15)12-6-5-10-3-1-2-4-11(10)7-12;/h10-15,17H,1-9H2,(H,18,19);1H. The Morgan fingerprint density at radius 3 is 2.40 bits per heavy atom. The number of carbonyl (C=O) groups is 1. The molecule has 0 aromatic carbocycles. The number of piperidine rings is 1. The van der Waals surface area contributed by atoms with Crippen LogP contribution in [0.25, 0.3) is 0 Å². The molecule has 0 spiro atoms. The van der Waals surface area contributed by atoms with Gasteiger partial charge in [-0.1, -0.05) is 25.7 Å². The monoisotopic (exact) mass is 298 g/mol. The molecule has 1 heterocycles. The van der Waals surface area contributed by atoms with Gasteiger partial charge in [0.05, 0.1) is 0 Å². The molecule has 0 aromatic rings. The maximum absolute atomic E-state index is 12.4. The lowest BCUT2D eigenvalue weighted by Gasteiger charge is -2.38. The van der Waals surface area contributed by atoms with E-state index in [1.165, 1.54) is 38.5 Å². The summed E-state index contributed by atoms with van der Waals surface area (Å²) in [6.45, 7) is 2.23. The minimum absolute atomic E-state index is 0. The summed E-state index contributed by atoms with van der Waals surface area (Å²) in [6.07, 6.45) is 9.26. The molecule has 3 saturated carbocycles. The summed E-state index contributed by atoms with van der Waals surface area (Å²) in [4.78, 5) is 12.4. The zero-order valence-corrected chi connectivity index (χ0v) is 13.0. The Bertz CT molecular complexity index is 365. The minimum atomic E-state index is 0. The molecule has 1 aliphatic heterocycles. The maximum atomic E-state index is 12.4. The summed E-state index contributed by atoms with van der Waals surface area (Å²) < 4.78 is 0. The van der Waals surface area contributed by atoms with E-state index in [1.54, 1.807) is 0 Å². The molecule has 4 heteroatoms. The number of fused-ring (bicyclic) bond motifs is 2. The highest BCUT2D eigenvalue weighted by molar-refractivity contribution is 5.85. The number of hydrogen-bond donors (Lipinski definition) is 2. The van der Waals surface area contributed by atoms with Crippen molar-refractivity contribution in [3.63, 3.8) is 0 Å². The van der Waals surface area contributed by atoms with Crippen LogP contribution in [0.3, 0.4) is 0 Å². The van der Waals surface area contributed by atoms with Crippen LogP contribution in [-0.4, -0.2) is 25.0 Å². The third-order valence-electron chi connectivity index (χ3n) is 6.31. The second-order valence-corrected chi connectivity index (χ2v) is 7.33. The highest BCUT2D eigenvalue weighted by atomic mass is 35.5. The van der Waals surface area contributed by atoms with Crippen molar-refractivity contribution in [2.45, 2.75) is 51.0 Å². The van der Waals surface area contributed by atoms with Gasteiger partial charge in [-0.25, -0.2) is 0 Å². The third kappa shape index (κ3) is 2.59. The van der Waals surface area contributed by atoms with E-state index < -0.39 is 0 Å².